The van der Waals surface area contributed by atoms with Crippen LogP contribution in [0.15, 0.2) is 12.4 Å². The van der Waals surface area contributed by atoms with Gasteiger partial charge < -0.3 is 5.32 Å². The van der Waals surface area contributed by atoms with Crippen LogP contribution < -0.4 is 5.32 Å². The van der Waals surface area contributed by atoms with Gasteiger partial charge in [-0.3, -0.25) is 5.10 Å². The molecule has 0 radical (unpaired) electrons. The van der Waals surface area contributed by atoms with Crippen LogP contribution in [0, 0.1) is 0 Å². The van der Waals surface area contributed by atoms with Gasteiger partial charge in [-0.25, -0.2) is 4.98 Å². The van der Waals surface area contributed by atoms with Gasteiger partial charge in [-0.05, 0) is 12.8 Å². The summed E-state index contributed by atoms with van der Waals surface area (Å²) in [5.74, 6) is 0.568. The highest BCUT2D eigenvalue weighted by atomic mass is 32.1. The van der Waals surface area contributed by atoms with E-state index in [2.05, 4.69) is 15.4 Å². The lowest BCUT2D eigenvalue weighted by molar-refractivity contribution is -0.140. The van der Waals surface area contributed by atoms with Crippen molar-refractivity contribution in [1.29, 1.82) is 0 Å². The van der Waals surface area contributed by atoms with Gasteiger partial charge in [-0.1, -0.05) is 0 Å². The molecule has 2 aromatic heterocycles. The van der Waals surface area contributed by atoms with Crippen LogP contribution in [0.1, 0.15) is 34.3 Å². The van der Waals surface area contributed by atoms with Crippen LogP contribution in [0.2, 0.25) is 0 Å². The van der Waals surface area contributed by atoms with Crippen molar-refractivity contribution in [3.05, 3.63) is 28.0 Å². The number of alkyl halides is 3. The van der Waals surface area contributed by atoms with Gasteiger partial charge in [0, 0.05) is 17.0 Å². The zero-order valence-corrected chi connectivity index (χ0v) is 10.6. The lowest BCUT2D eigenvalue weighted by atomic mass is 10.3. The number of nitrogens with one attached hydrogen (secondary N) is 2. The molecule has 3 rings (SSSR count). The second-order valence-electron chi connectivity index (χ2n) is 4.45. The summed E-state index contributed by atoms with van der Waals surface area (Å²) in [4.78, 5) is 5.21. The Bertz CT molecular complexity index is 571. The van der Waals surface area contributed by atoms with Crippen molar-refractivity contribution in [2.45, 2.75) is 31.5 Å². The zero-order valence-electron chi connectivity index (χ0n) is 9.79. The first-order valence-corrected chi connectivity index (χ1v) is 6.64. The van der Waals surface area contributed by atoms with Crippen molar-refractivity contribution in [2.24, 2.45) is 0 Å². The molecule has 0 atom stereocenters. The molecule has 2 aromatic rings. The number of H-pyrrole nitrogens is 1. The summed E-state index contributed by atoms with van der Waals surface area (Å²) in [6.45, 7) is 0.326. The minimum absolute atomic E-state index is 0.0335. The molecule has 0 saturated heterocycles. The van der Waals surface area contributed by atoms with Gasteiger partial charge in [-0.15, -0.1) is 11.3 Å². The summed E-state index contributed by atoms with van der Waals surface area (Å²) < 4.78 is 37.8. The van der Waals surface area contributed by atoms with E-state index in [1.807, 2.05) is 5.10 Å². The topological polar surface area (TPSA) is 53.6 Å². The summed E-state index contributed by atoms with van der Waals surface area (Å²) in [7, 11) is 0. The fraction of sp³-hybridized carbons (Fsp3) is 0.455. The minimum Gasteiger partial charge on any atom is -0.377 e. The maximum atomic E-state index is 12.6. The molecule has 102 valence electrons. The fourth-order valence-corrected chi connectivity index (χ4v) is 2.77. The van der Waals surface area contributed by atoms with Crippen LogP contribution in [0.5, 0.6) is 0 Å². The second kappa shape index (κ2) is 4.52. The van der Waals surface area contributed by atoms with E-state index >= 15 is 0 Å². The SMILES string of the molecule is FC(F)(F)c1[nH]ncc1NCc1cnc(C2CC2)s1. The molecule has 1 aliphatic rings. The van der Waals surface area contributed by atoms with E-state index in [1.165, 1.54) is 12.8 Å². The van der Waals surface area contributed by atoms with Crippen LogP contribution >= 0.6 is 11.3 Å². The average Bonchev–Trinajstić information content (AvgIpc) is 2.91. The Balaban J connectivity index is 1.66. The standard InChI is InChI=1S/C11H11F3N4S/c12-11(13,14)9-8(5-17-18-9)15-3-7-4-16-10(19-7)6-1-2-6/h4-6,15H,1-3H2,(H,17,18). The molecule has 0 aliphatic heterocycles. The van der Waals surface area contributed by atoms with Crippen molar-refractivity contribution in [3.8, 4) is 0 Å². The van der Waals surface area contributed by atoms with E-state index in [0.717, 1.165) is 16.1 Å². The number of thiazole rings is 1. The Morgan fingerprint density at radius 1 is 1.37 bits per heavy atom. The monoisotopic (exact) mass is 288 g/mol. The molecule has 1 fully saturated rings. The summed E-state index contributed by atoms with van der Waals surface area (Å²) >= 11 is 1.55. The highest BCUT2D eigenvalue weighted by Crippen LogP contribution is 2.42. The Morgan fingerprint density at radius 2 is 2.16 bits per heavy atom. The minimum atomic E-state index is -4.42. The normalized spacial score (nSPS) is 15.7. The third-order valence-electron chi connectivity index (χ3n) is 2.87. The zero-order chi connectivity index (χ0) is 13.5. The molecule has 0 amide bonds. The highest BCUT2D eigenvalue weighted by Gasteiger charge is 2.35. The average molecular weight is 288 g/mol. The molecule has 0 bridgehead atoms. The van der Waals surface area contributed by atoms with Gasteiger partial charge in [0.2, 0.25) is 0 Å². The number of anilines is 1. The molecule has 1 saturated carbocycles. The second-order valence-corrected chi connectivity index (χ2v) is 5.60. The van der Waals surface area contributed by atoms with Gasteiger partial charge in [0.25, 0.3) is 0 Å². The van der Waals surface area contributed by atoms with Gasteiger partial charge in [0.05, 0.1) is 23.4 Å². The van der Waals surface area contributed by atoms with Gasteiger partial charge in [0.1, 0.15) is 0 Å². The molecule has 19 heavy (non-hydrogen) atoms. The lowest BCUT2D eigenvalue weighted by Crippen LogP contribution is -2.10. The Morgan fingerprint density at radius 3 is 2.84 bits per heavy atom. The largest absolute Gasteiger partial charge is 0.434 e. The Hall–Kier alpha value is -1.57. The maximum Gasteiger partial charge on any atom is 0.434 e. The van der Waals surface area contributed by atoms with Crippen LogP contribution in [0.25, 0.3) is 0 Å². The summed E-state index contributed by atoms with van der Waals surface area (Å²) in [6, 6.07) is 0. The number of rotatable bonds is 4. The molecule has 2 N–H and O–H groups in total. The first-order chi connectivity index (χ1) is 9.04. The van der Waals surface area contributed by atoms with Crippen molar-refractivity contribution >= 4 is 17.0 Å². The number of halogens is 3. The molecular formula is C11H11F3N4S. The third kappa shape index (κ3) is 2.73. The molecular weight excluding hydrogens is 277 g/mol. The quantitative estimate of drug-likeness (QED) is 0.907. The van der Waals surface area contributed by atoms with Gasteiger partial charge in [0.15, 0.2) is 5.69 Å². The third-order valence-corrected chi connectivity index (χ3v) is 4.03. The van der Waals surface area contributed by atoms with Gasteiger partial charge in [-0.2, -0.15) is 18.3 Å². The first kappa shape index (κ1) is 12.5. The Kier molecular flexibility index (Phi) is 2.96. The highest BCUT2D eigenvalue weighted by molar-refractivity contribution is 7.11. The summed E-state index contributed by atoms with van der Waals surface area (Å²) in [5, 5.41) is 9.22. The van der Waals surface area contributed by atoms with E-state index in [4.69, 9.17) is 0 Å². The van der Waals surface area contributed by atoms with Crippen LogP contribution in [0.4, 0.5) is 18.9 Å². The van der Waals surface area contributed by atoms with E-state index in [9.17, 15) is 13.2 Å². The predicted octanol–water partition coefficient (Wildman–Crippen LogP) is 3.37. The van der Waals surface area contributed by atoms with Crippen LogP contribution in [0.3, 0.4) is 0 Å². The molecule has 4 nitrogen and oxygen atoms in total. The molecule has 2 heterocycles. The number of hydrogen-bond donors (Lipinski definition) is 2. The van der Waals surface area contributed by atoms with Crippen molar-refractivity contribution < 1.29 is 13.2 Å². The van der Waals surface area contributed by atoms with Crippen molar-refractivity contribution in [1.82, 2.24) is 15.2 Å². The molecule has 8 heteroatoms. The maximum absolute atomic E-state index is 12.6. The molecule has 0 aromatic carbocycles. The number of aromatic nitrogens is 3. The van der Waals surface area contributed by atoms with E-state index in [0.29, 0.717) is 12.5 Å². The van der Waals surface area contributed by atoms with E-state index in [1.54, 1.807) is 17.5 Å². The van der Waals surface area contributed by atoms with Crippen molar-refractivity contribution in [2.75, 3.05) is 5.32 Å². The van der Waals surface area contributed by atoms with Crippen LogP contribution in [-0.4, -0.2) is 15.2 Å². The smallest absolute Gasteiger partial charge is 0.377 e. The van der Waals surface area contributed by atoms with E-state index in [-0.39, 0.29) is 5.69 Å². The number of aromatic amines is 1. The number of hydrogen-bond acceptors (Lipinski definition) is 4. The van der Waals surface area contributed by atoms with E-state index < -0.39 is 11.9 Å². The molecule has 1 aliphatic carbocycles. The van der Waals surface area contributed by atoms with Crippen LogP contribution in [-0.2, 0) is 12.7 Å². The summed E-state index contributed by atoms with van der Waals surface area (Å²) in [5.41, 5.74) is -0.881. The Labute approximate surface area is 111 Å². The summed E-state index contributed by atoms with van der Waals surface area (Å²) in [6.07, 6.45) is 0.775. The predicted molar refractivity (Wildman–Crippen MR) is 65.0 cm³/mol. The van der Waals surface area contributed by atoms with Gasteiger partial charge >= 0.3 is 6.18 Å². The first-order valence-electron chi connectivity index (χ1n) is 5.83. The molecule has 0 spiro atoms. The fourth-order valence-electron chi connectivity index (χ4n) is 1.74. The lowest BCUT2D eigenvalue weighted by Gasteiger charge is -2.07. The molecule has 0 unspecified atom stereocenters. The number of nitrogens with zero attached hydrogens (tertiary/aromatic N) is 2. The van der Waals surface area contributed by atoms with Crippen molar-refractivity contribution in [3.63, 3.8) is 0 Å².